The van der Waals surface area contributed by atoms with E-state index in [1.807, 2.05) is 6.92 Å². The van der Waals surface area contributed by atoms with Crippen LogP contribution in [-0.2, 0) is 4.79 Å². The van der Waals surface area contributed by atoms with Crippen LogP contribution in [0.15, 0.2) is 12.3 Å². The maximum atomic E-state index is 11.4. The Balaban J connectivity index is 2.32. The van der Waals surface area contributed by atoms with Crippen LogP contribution >= 0.6 is 0 Å². The van der Waals surface area contributed by atoms with E-state index in [9.17, 15) is 20.0 Å². The number of carboxylic acid groups (broad SMARTS) is 1. The minimum Gasteiger partial charge on any atom is -0.480 e. The molecule has 20 heavy (non-hydrogen) atoms. The topological polar surface area (TPSA) is 96.6 Å². The molecule has 1 fully saturated rings. The Morgan fingerprint density at radius 3 is 2.85 bits per heavy atom. The molecule has 2 heterocycles. The lowest BCUT2D eigenvalue weighted by Crippen LogP contribution is -2.47. The molecule has 0 spiro atoms. The zero-order chi connectivity index (χ0) is 14.9. The summed E-state index contributed by atoms with van der Waals surface area (Å²) in [6.45, 7) is 4.26. The minimum absolute atomic E-state index is 0.0500. The first-order valence-electron chi connectivity index (χ1n) is 6.50. The highest BCUT2D eigenvalue weighted by Gasteiger charge is 2.33. The van der Waals surface area contributed by atoms with E-state index in [2.05, 4.69) is 4.98 Å². The smallest absolute Gasteiger partial charge is 0.326 e. The number of anilines is 1. The van der Waals surface area contributed by atoms with Crippen molar-refractivity contribution in [2.24, 2.45) is 5.92 Å². The van der Waals surface area contributed by atoms with Gasteiger partial charge in [0.05, 0.1) is 4.92 Å². The average molecular weight is 279 g/mol. The quantitative estimate of drug-likeness (QED) is 0.671. The Morgan fingerprint density at radius 2 is 2.30 bits per heavy atom. The molecule has 1 aliphatic heterocycles. The van der Waals surface area contributed by atoms with Gasteiger partial charge in [-0.25, -0.2) is 9.78 Å². The third-order valence-corrected chi connectivity index (χ3v) is 3.71. The second kappa shape index (κ2) is 5.44. The lowest BCUT2D eigenvalue weighted by atomic mass is 9.92. The van der Waals surface area contributed by atoms with Crippen LogP contribution in [0.1, 0.15) is 25.3 Å². The third kappa shape index (κ3) is 2.71. The predicted molar refractivity (Wildman–Crippen MR) is 72.8 cm³/mol. The van der Waals surface area contributed by atoms with Crippen LogP contribution in [0, 0.1) is 23.0 Å². The first-order chi connectivity index (χ1) is 9.40. The fraction of sp³-hybridized carbons (Fsp3) is 0.538. The zero-order valence-corrected chi connectivity index (χ0v) is 11.4. The molecular formula is C13H17N3O4. The summed E-state index contributed by atoms with van der Waals surface area (Å²) in [7, 11) is 0. The number of aryl methyl sites for hydroxylation is 1. The van der Waals surface area contributed by atoms with Gasteiger partial charge < -0.3 is 10.0 Å². The highest BCUT2D eigenvalue weighted by Crippen LogP contribution is 2.29. The van der Waals surface area contributed by atoms with E-state index in [-0.39, 0.29) is 5.69 Å². The summed E-state index contributed by atoms with van der Waals surface area (Å²) in [5, 5.41) is 20.1. The Bertz CT molecular complexity index is 546. The number of hydrogen-bond acceptors (Lipinski definition) is 5. The van der Waals surface area contributed by atoms with Crippen LogP contribution in [0.3, 0.4) is 0 Å². The Morgan fingerprint density at radius 1 is 1.60 bits per heavy atom. The summed E-state index contributed by atoms with van der Waals surface area (Å²) in [4.78, 5) is 27.4. The van der Waals surface area contributed by atoms with Crippen molar-refractivity contribution in [3.63, 3.8) is 0 Å². The molecule has 2 rings (SSSR count). The van der Waals surface area contributed by atoms with Crippen molar-refractivity contribution >= 4 is 17.5 Å². The highest BCUT2D eigenvalue weighted by atomic mass is 16.6. The molecule has 1 N–H and O–H groups in total. The van der Waals surface area contributed by atoms with Crippen molar-refractivity contribution in [1.29, 1.82) is 0 Å². The van der Waals surface area contributed by atoms with Gasteiger partial charge in [-0.15, -0.1) is 0 Å². The molecule has 0 amide bonds. The van der Waals surface area contributed by atoms with Crippen molar-refractivity contribution < 1.29 is 14.8 Å². The van der Waals surface area contributed by atoms with Gasteiger partial charge in [0.2, 0.25) is 0 Å². The van der Waals surface area contributed by atoms with Gasteiger partial charge in [0.15, 0.2) is 0 Å². The molecule has 7 heteroatoms. The summed E-state index contributed by atoms with van der Waals surface area (Å²) in [5.41, 5.74) is 0.439. The minimum atomic E-state index is -0.880. The van der Waals surface area contributed by atoms with Gasteiger partial charge in [-0.1, -0.05) is 6.92 Å². The van der Waals surface area contributed by atoms with Gasteiger partial charge in [-0.05, 0) is 31.7 Å². The van der Waals surface area contributed by atoms with Gasteiger partial charge in [-0.2, -0.15) is 0 Å². The summed E-state index contributed by atoms with van der Waals surface area (Å²) < 4.78 is 0. The van der Waals surface area contributed by atoms with Gasteiger partial charge in [0.1, 0.15) is 18.1 Å². The molecule has 0 radical (unpaired) electrons. The van der Waals surface area contributed by atoms with Crippen molar-refractivity contribution in [3.8, 4) is 0 Å². The lowest BCUT2D eigenvalue weighted by Gasteiger charge is -2.36. The van der Waals surface area contributed by atoms with Crippen LogP contribution in [0.2, 0.25) is 0 Å². The summed E-state index contributed by atoms with van der Waals surface area (Å²) >= 11 is 0. The van der Waals surface area contributed by atoms with Crippen LogP contribution in [-0.4, -0.2) is 33.6 Å². The first kappa shape index (κ1) is 14.2. The highest BCUT2D eigenvalue weighted by molar-refractivity contribution is 5.78. The van der Waals surface area contributed by atoms with E-state index in [1.165, 1.54) is 6.20 Å². The van der Waals surface area contributed by atoms with Crippen LogP contribution in [0.25, 0.3) is 0 Å². The van der Waals surface area contributed by atoms with E-state index in [4.69, 9.17) is 0 Å². The third-order valence-electron chi connectivity index (χ3n) is 3.71. The first-order valence-corrected chi connectivity index (χ1v) is 6.50. The second-order valence-electron chi connectivity index (χ2n) is 5.26. The second-order valence-corrected chi connectivity index (χ2v) is 5.26. The normalized spacial score (nSPS) is 22.6. The maximum absolute atomic E-state index is 11.4. The monoisotopic (exact) mass is 279 g/mol. The van der Waals surface area contributed by atoms with Crippen molar-refractivity contribution in [2.45, 2.75) is 32.7 Å². The van der Waals surface area contributed by atoms with Crippen molar-refractivity contribution in [1.82, 2.24) is 4.98 Å². The maximum Gasteiger partial charge on any atom is 0.326 e. The number of aromatic nitrogens is 1. The Labute approximate surface area is 116 Å². The molecule has 1 aromatic rings. The van der Waals surface area contributed by atoms with Crippen LogP contribution < -0.4 is 4.90 Å². The van der Waals surface area contributed by atoms with E-state index in [0.29, 0.717) is 30.3 Å². The number of nitrogens with zero attached hydrogens (tertiary/aromatic N) is 3. The molecule has 2 unspecified atom stereocenters. The van der Waals surface area contributed by atoms with Crippen molar-refractivity contribution in [2.75, 3.05) is 11.4 Å². The van der Waals surface area contributed by atoms with Crippen LogP contribution in [0.5, 0.6) is 0 Å². The molecule has 0 aromatic carbocycles. The number of piperidine rings is 1. The summed E-state index contributed by atoms with van der Waals surface area (Å²) in [5.74, 6) is -0.0340. The fourth-order valence-electron chi connectivity index (χ4n) is 2.53. The van der Waals surface area contributed by atoms with E-state index in [1.54, 1.807) is 17.9 Å². The largest absolute Gasteiger partial charge is 0.480 e. The van der Waals surface area contributed by atoms with E-state index < -0.39 is 16.9 Å². The van der Waals surface area contributed by atoms with E-state index in [0.717, 1.165) is 6.42 Å². The standard InChI is InChI=1S/C13H17N3O4/c1-8-3-4-15(10(5-8)13(17)18)12-6-9(2)11(7-14-12)16(19)20/h6-8,10H,3-5H2,1-2H3,(H,17,18). The van der Waals surface area contributed by atoms with Gasteiger partial charge in [0.25, 0.3) is 5.69 Å². The molecule has 2 atom stereocenters. The molecule has 0 aliphatic carbocycles. The van der Waals surface area contributed by atoms with Gasteiger partial charge in [0, 0.05) is 12.1 Å². The summed E-state index contributed by atoms with van der Waals surface area (Å²) in [6, 6.07) is 0.969. The molecular weight excluding hydrogens is 262 g/mol. The molecule has 0 saturated carbocycles. The molecule has 0 bridgehead atoms. The molecule has 1 aromatic heterocycles. The van der Waals surface area contributed by atoms with Crippen LogP contribution in [0.4, 0.5) is 11.5 Å². The average Bonchev–Trinajstić information content (AvgIpc) is 2.37. The SMILES string of the molecule is Cc1cc(N2CCC(C)CC2C(=O)O)ncc1[N+](=O)[O-]. The Hall–Kier alpha value is -2.18. The number of hydrogen-bond donors (Lipinski definition) is 1. The molecule has 7 nitrogen and oxygen atoms in total. The number of nitro groups is 1. The molecule has 1 saturated heterocycles. The number of aliphatic carboxylic acids is 1. The number of carboxylic acids is 1. The van der Waals surface area contributed by atoms with Crippen molar-refractivity contribution in [3.05, 3.63) is 27.9 Å². The molecule has 1 aliphatic rings. The predicted octanol–water partition coefficient (Wildman–Crippen LogP) is 1.99. The molecule has 108 valence electrons. The number of rotatable bonds is 3. The van der Waals surface area contributed by atoms with Gasteiger partial charge in [-0.3, -0.25) is 10.1 Å². The van der Waals surface area contributed by atoms with E-state index >= 15 is 0 Å². The zero-order valence-electron chi connectivity index (χ0n) is 11.4. The fourth-order valence-corrected chi connectivity index (χ4v) is 2.53. The van der Waals surface area contributed by atoms with Gasteiger partial charge >= 0.3 is 5.97 Å². The lowest BCUT2D eigenvalue weighted by molar-refractivity contribution is -0.385. The summed E-state index contributed by atoms with van der Waals surface area (Å²) in [6.07, 6.45) is 2.65. The Kier molecular flexibility index (Phi) is 3.87. The number of pyridine rings is 1. The number of carbonyl (C=O) groups is 1.